The lowest BCUT2D eigenvalue weighted by Gasteiger charge is -2.09. The molecule has 114 valence electrons. The Morgan fingerprint density at radius 3 is 2.60 bits per heavy atom. The smallest absolute Gasteiger partial charge is 0.178 e. The van der Waals surface area contributed by atoms with Gasteiger partial charge in [-0.05, 0) is 12.8 Å². The first-order chi connectivity index (χ1) is 9.69. The first-order valence-electron chi connectivity index (χ1n) is 6.32. The van der Waals surface area contributed by atoms with Crippen molar-refractivity contribution < 1.29 is 18.3 Å². The summed E-state index contributed by atoms with van der Waals surface area (Å²) in [5.74, 6) is 3.27. The van der Waals surface area contributed by atoms with E-state index in [4.69, 9.17) is 15.3 Å². The molecule has 1 heterocycles. The lowest BCUT2D eigenvalue weighted by atomic mass is 10.3. The molecule has 6 nitrogen and oxygen atoms in total. The van der Waals surface area contributed by atoms with Crippen molar-refractivity contribution in [1.82, 2.24) is 4.98 Å². The molecule has 0 aliphatic rings. The second-order valence-corrected chi connectivity index (χ2v) is 4.03. The van der Waals surface area contributed by atoms with E-state index < -0.39 is 11.6 Å². The number of nitrogens with one attached hydrogen (secondary N) is 2. The molecule has 1 aromatic rings. The van der Waals surface area contributed by atoms with Crippen molar-refractivity contribution in [2.24, 2.45) is 5.84 Å². The molecule has 20 heavy (non-hydrogen) atoms. The fourth-order valence-corrected chi connectivity index (χ4v) is 1.47. The molecule has 0 amide bonds. The first kappa shape index (κ1) is 16.5. The Bertz CT molecular complexity index is 407. The molecule has 0 spiro atoms. The molecule has 0 bridgehead atoms. The zero-order chi connectivity index (χ0) is 14.8. The number of nitrogens with zero attached hydrogens (tertiary/aromatic N) is 1. The van der Waals surface area contributed by atoms with Gasteiger partial charge in [0.25, 0.3) is 0 Å². The maximum Gasteiger partial charge on any atom is 0.178 e. The van der Waals surface area contributed by atoms with Crippen LogP contribution in [0.4, 0.5) is 20.4 Å². The Labute approximate surface area is 116 Å². The summed E-state index contributed by atoms with van der Waals surface area (Å²) in [7, 11) is 1.61. The number of nitrogens with two attached hydrogens (primary N) is 1. The van der Waals surface area contributed by atoms with E-state index in [-0.39, 0.29) is 11.6 Å². The van der Waals surface area contributed by atoms with E-state index in [1.165, 1.54) is 0 Å². The number of pyridine rings is 1. The normalized spacial score (nSPS) is 10.6. The zero-order valence-corrected chi connectivity index (χ0v) is 11.4. The number of hydrogen-bond acceptors (Lipinski definition) is 6. The fourth-order valence-electron chi connectivity index (χ4n) is 1.47. The summed E-state index contributed by atoms with van der Waals surface area (Å²) in [4.78, 5) is 3.70. The highest BCUT2D eigenvalue weighted by molar-refractivity contribution is 5.46. The number of halogens is 2. The number of hydrogen-bond donors (Lipinski definition) is 3. The maximum atomic E-state index is 13.4. The Morgan fingerprint density at radius 2 is 1.90 bits per heavy atom. The Morgan fingerprint density at radius 1 is 1.15 bits per heavy atom. The average Bonchev–Trinajstić information content (AvgIpc) is 2.43. The highest BCUT2D eigenvalue weighted by Gasteiger charge is 2.10. The summed E-state index contributed by atoms with van der Waals surface area (Å²) >= 11 is 0. The van der Waals surface area contributed by atoms with Crippen molar-refractivity contribution in [3.8, 4) is 0 Å². The largest absolute Gasteiger partial charge is 0.382 e. The SMILES string of the molecule is COCCOCCCCNc1nc(NN)c(F)cc1F. The molecule has 1 aromatic heterocycles. The van der Waals surface area contributed by atoms with Crippen molar-refractivity contribution in [3.05, 3.63) is 17.7 Å². The van der Waals surface area contributed by atoms with Crippen LogP contribution in [0.3, 0.4) is 0 Å². The molecule has 0 aliphatic heterocycles. The molecular weight excluding hydrogens is 270 g/mol. The molecule has 4 N–H and O–H groups in total. The highest BCUT2D eigenvalue weighted by atomic mass is 19.1. The molecule has 0 unspecified atom stereocenters. The molecule has 0 saturated heterocycles. The van der Waals surface area contributed by atoms with E-state index in [1.807, 2.05) is 0 Å². The molecule has 8 heteroatoms. The lowest BCUT2D eigenvalue weighted by molar-refractivity contribution is 0.0691. The molecule has 0 fully saturated rings. The van der Waals surface area contributed by atoms with E-state index in [9.17, 15) is 8.78 Å². The maximum absolute atomic E-state index is 13.4. The quantitative estimate of drug-likeness (QED) is 0.344. The van der Waals surface area contributed by atoms with Gasteiger partial charge in [0.15, 0.2) is 23.3 Å². The number of ether oxygens (including phenoxy) is 2. The number of rotatable bonds is 10. The lowest BCUT2D eigenvalue weighted by Crippen LogP contribution is -2.14. The van der Waals surface area contributed by atoms with Crippen LogP contribution in [0, 0.1) is 11.6 Å². The van der Waals surface area contributed by atoms with Crippen LogP contribution in [-0.4, -0.2) is 38.5 Å². The predicted octanol–water partition coefficient (Wildman–Crippen LogP) is 1.50. The van der Waals surface area contributed by atoms with Gasteiger partial charge in [-0.1, -0.05) is 0 Å². The monoisotopic (exact) mass is 290 g/mol. The van der Waals surface area contributed by atoms with Crippen LogP contribution in [0.15, 0.2) is 6.07 Å². The first-order valence-corrected chi connectivity index (χ1v) is 6.32. The van der Waals surface area contributed by atoms with E-state index in [2.05, 4.69) is 15.7 Å². The van der Waals surface area contributed by atoms with Crippen molar-refractivity contribution in [2.75, 3.05) is 44.2 Å². The van der Waals surface area contributed by atoms with Gasteiger partial charge in [0, 0.05) is 26.3 Å². The number of nitrogen functional groups attached to an aromatic ring is 1. The molecule has 0 aliphatic carbocycles. The summed E-state index contributed by atoms with van der Waals surface area (Å²) in [6, 6.07) is 0.735. The Balaban J connectivity index is 2.25. The average molecular weight is 290 g/mol. The van der Waals surface area contributed by atoms with Crippen LogP contribution in [-0.2, 0) is 9.47 Å². The zero-order valence-electron chi connectivity index (χ0n) is 11.4. The van der Waals surface area contributed by atoms with Crippen molar-refractivity contribution in [1.29, 1.82) is 0 Å². The van der Waals surface area contributed by atoms with Gasteiger partial charge in [0.2, 0.25) is 0 Å². The van der Waals surface area contributed by atoms with Gasteiger partial charge in [-0.3, -0.25) is 0 Å². The van der Waals surface area contributed by atoms with E-state index in [0.717, 1.165) is 18.9 Å². The van der Waals surface area contributed by atoms with Gasteiger partial charge in [0.1, 0.15) is 0 Å². The van der Waals surface area contributed by atoms with Crippen LogP contribution < -0.4 is 16.6 Å². The summed E-state index contributed by atoms with van der Waals surface area (Å²) in [5, 5.41) is 2.79. The number of anilines is 2. The van der Waals surface area contributed by atoms with E-state index >= 15 is 0 Å². The topological polar surface area (TPSA) is 81.4 Å². The summed E-state index contributed by atoms with van der Waals surface area (Å²) in [6.07, 6.45) is 1.60. The molecule has 0 aromatic carbocycles. The third-order valence-electron chi connectivity index (χ3n) is 2.51. The molecule has 1 rings (SSSR count). The Kier molecular flexibility index (Phi) is 7.78. The van der Waals surface area contributed by atoms with Crippen LogP contribution in [0.1, 0.15) is 12.8 Å². The van der Waals surface area contributed by atoms with Crippen molar-refractivity contribution in [2.45, 2.75) is 12.8 Å². The van der Waals surface area contributed by atoms with Gasteiger partial charge in [0.05, 0.1) is 13.2 Å². The van der Waals surface area contributed by atoms with E-state index in [1.54, 1.807) is 7.11 Å². The molecule has 0 saturated carbocycles. The summed E-state index contributed by atoms with van der Waals surface area (Å²) < 4.78 is 36.7. The van der Waals surface area contributed by atoms with Crippen molar-refractivity contribution in [3.63, 3.8) is 0 Å². The van der Waals surface area contributed by atoms with Gasteiger partial charge in [-0.2, -0.15) is 0 Å². The van der Waals surface area contributed by atoms with E-state index in [0.29, 0.717) is 26.4 Å². The fraction of sp³-hybridized carbons (Fsp3) is 0.583. The van der Waals surface area contributed by atoms with Gasteiger partial charge in [-0.15, -0.1) is 0 Å². The summed E-state index contributed by atoms with van der Waals surface area (Å²) in [5.41, 5.74) is 2.07. The van der Waals surface area contributed by atoms with Crippen molar-refractivity contribution >= 4 is 11.6 Å². The molecule has 0 atom stereocenters. The minimum absolute atomic E-state index is 0.0281. The minimum Gasteiger partial charge on any atom is -0.382 e. The number of hydrazine groups is 1. The summed E-state index contributed by atoms with van der Waals surface area (Å²) in [6.45, 7) is 2.24. The van der Waals surface area contributed by atoms with Crippen LogP contribution in [0.5, 0.6) is 0 Å². The second-order valence-electron chi connectivity index (χ2n) is 4.03. The minimum atomic E-state index is -0.831. The van der Waals surface area contributed by atoms with Crippen LogP contribution in [0.2, 0.25) is 0 Å². The highest BCUT2D eigenvalue weighted by Crippen LogP contribution is 2.18. The van der Waals surface area contributed by atoms with Gasteiger partial charge in [-0.25, -0.2) is 19.6 Å². The van der Waals surface area contributed by atoms with Gasteiger partial charge < -0.3 is 20.2 Å². The third kappa shape index (κ3) is 5.64. The second kappa shape index (κ2) is 9.40. The third-order valence-corrected chi connectivity index (χ3v) is 2.51. The van der Waals surface area contributed by atoms with Gasteiger partial charge >= 0.3 is 0 Å². The number of unbranched alkanes of at least 4 members (excludes halogenated alkanes) is 1. The molecule has 0 radical (unpaired) electrons. The van der Waals surface area contributed by atoms with Crippen LogP contribution in [0.25, 0.3) is 0 Å². The molecular formula is C12H20F2N4O2. The predicted molar refractivity (Wildman–Crippen MR) is 72.4 cm³/mol. The standard InChI is InChI=1S/C12H20F2N4O2/c1-19-6-7-20-5-3-2-4-16-11-9(13)8-10(14)12(17-11)18-15/h8H,2-7,15H2,1H3,(H2,16,17,18). The number of aromatic nitrogens is 1. The number of methoxy groups -OCH3 is 1. The Hall–Kier alpha value is -1.51. The van der Waals surface area contributed by atoms with Crippen LogP contribution >= 0.6 is 0 Å².